The molecule has 1 atom stereocenters. The van der Waals surface area contributed by atoms with E-state index in [4.69, 9.17) is 0 Å². The zero-order chi connectivity index (χ0) is 11.4. The number of hydrogen-bond donors (Lipinski definition) is 1. The summed E-state index contributed by atoms with van der Waals surface area (Å²) in [7, 11) is 0. The highest BCUT2D eigenvalue weighted by molar-refractivity contribution is 5.25. The lowest BCUT2D eigenvalue weighted by Crippen LogP contribution is -2.02. The van der Waals surface area contributed by atoms with E-state index in [9.17, 15) is 9.50 Å². The maximum absolute atomic E-state index is 13.5. The molecule has 0 fully saturated rings. The van der Waals surface area contributed by atoms with Gasteiger partial charge < -0.3 is 5.11 Å². The molecule has 2 heteroatoms. The molecule has 84 valence electrons. The maximum Gasteiger partial charge on any atom is 0.129 e. The Morgan fingerprint density at radius 3 is 2.47 bits per heavy atom. The van der Waals surface area contributed by atoms with Crippen LogP contribution in [0.3, 0.4) is 0 Å². The molecule has 15 heavy (non-hydrogen) atoms. The highest BCUT2D eigenvalue weighted by atomic mass is 19.1. The van der Waals surface area contributed by atoms with Crippen molar-refractivity contribution in [2.45, 2.75) is 39.7 Å². The summed E-state index contributed by atoms with van der Waals surface area (Å²) in [4.78, 5) is 0. The van der Waals surface area contributed by atoms with Crippen LogP contribution in [0.15, 0.2) is 18.2 Å². The summed E-state index contributed by atoms with van der Waals surface area (Å²) in [6.45, 7) is 6.03. The molecule has 0 aliphatic rings. The summed E-state index contributed by atoms with van der Waals surface area (Å²) in [5.74, 6) is 0.236. The molecular formula is C13H19FO. The van der Waals surface area contributed by atoms with Crippen LogP contribution < -0.4 is 0 Å². The average Bonchev–Trinajstić information content (AvgIpc) is 2.14. The van der Waals surface area contributed by atoms with Crippen molar-refractivity contribution >= 4 is 0 Å². The van der Waals surface area contributed by atoms with Crippen molar-refractivity contribution in [2.24, 2.45) is 5.92 Å². The topological polar surface area (TPSA) is 20.2 Å². The first kappa shape index (κ1) is 12.2. The van der Waals surface area contributed by atoms with Crippen LogP contribution in [0.2, 0.25) is 0 Å². The predicted octanol–water partition coefficient (Wildman–Crippen LogP) is 3.60. The van der Waals surface area contributed by atoms with Crippen LogP contribution in [0.25, 0.3) is 0 Å². The number of hydrogen-bond acceptors (Lipinski definition) is 1. The minimum atomic E-state index is -0.673. The third kappa shape index (κ3) is 3.63. The number of halogens is 1. The van der Waals surface area contributed by atoms with Gasteiger partial charge in [-0.1, -0.05) is 26.0 Å². The molecule has 0 saturated carbocycles. The lowest BCUT2D eigenvalue weighted by Gasteiger charge is -2.13. The smallest absolute Gasteiger partial charge is 0.129 e. The van der Waals surface area contributed by atoms with Gasteiger partial charge >= 0.3 is 0 Å². The van der Waals surface area contributed by atoms with Gasteiger partial charge in [-0.25, -0.2) is 4.39 Å². The number of rotatable bonds is 4. The van der Waals surface area contributed by atoms with Crippen LogP contribution in [-0.2, 0) is 0 Å². The summed E-state index contributed by atoms with van der Waals surface area (Å²) >= 11 is 0. The molecule has 1 rings (SSSR count). The largest absolute Gasteiger partial charge is 0.388 e. The Balaban J connectivity index is 2.69. The van der Waals surface area contributed by atoms with Crippen LogP contribution >= 0.6 is 0 Å². The molecule has 1 nitrogen and oxygen atoms in total. The Kier molecular flexibility index (Phi) is 4.28. The molecule has 0 aliphatic heterocycles. The van der Waals surface area contributed by atoms with E-state index in [2.05, 4.69) is 13.8 Å². The van der Waals surface area contributed by atoms with E-state index >= 15 is 0 Å². The Hall–Kier alpha value is -0.890. The normalized spacial score (nSPS) is 13.2. The van der Waals surface area contributed by atoms with Gasteiger partial charge in [-0.3, -0.25) is 0 Å². The van der Waals surface area contributed by atoms with Crippen molar-refractivity contribution in [3.8, 4) is 0 Å². The van der Waals surface area contributed by atoms with Gasteiger partial charge in [0, 0.05) is 5.56 Å². The Bertz CT molecular complexity index is 320. The second-order valence-corrected chi connectivity index (χ2v) is 4.51. The zero-order valence-corrected chi connectivity index (χ0v) is 9.63. The summed E-state index contributed by atoms with van der Waals surface area (Å²) in [5, 5.41) is 9.80. The highest BCUT2D eigenvalue weighted by Gasteiger charge is 2.12. The molecule has 1 unspecified atom stereocenters. The van der Waals surface area contributed by atoms with Gasteiger partial charge in [0.1, 0.15) is 5.82 Å². The second-order valence-electron chi connectivity index (χ2n) is 4.51. The standard InChI is InChI=1S/C13H19FO/c1-9(2)4-7-13(15)11-6-5-10(3)8-12(11)14/h5-6,8-9,13,15H,4,7H2,1-3H3. The third-order valence-electron chi connectivity index (χ3n) is 2.53. The molecule has 0 spiro atoms. The number of aryl methyl sites for hydroxylation is 1. The fraction of sp³-hybridized carbons (Fsp3) is 0.538. The Labute approximate surface area is 90.9 Å². The highest BCUT2D eigenvalue weighted by Crippen LogP contribution is 2.23. The van der Waals surface area contributed by atoms with Gasteiger partial charge in [-0.15, -0.1) is 0 Å². The fourth-order valence-electron chi connectivity index (χ4n) is 1.55. The Morgan fingerprint density at radius 2 is 1.93 bits per heavy atom. The molecule has 1 N–H and O–H groups in total. The van der Waals surface area contributed by atoms with Crippen molar-refractivity contribution in [2.75, 3.05) is 0 Å². The fourth-order valence-corrected chi connectivity index (χ4v) is 1.55. The average molecular weight is 210 g/mol. The second kappa shape index (κ2) is 5.26. The SMILES string of the molecule is Cc1ccc(C(O)CCC(C)C)c(F)c1. The zero-order valence-electron chi connectivity index (χ0n) is 9.63. The minimum Gasteiger partial charge on any atom is -0.388 e. The lowest BCUT2D eigenvalue weighted by molar-refractivity contribution is 0.155. The first-order valence-corrected chi connectivity index (χ1v) is 5.45. The molecule has 1 aromatic rings. The molecule has 0 aromatic heterocycles. The summed E-state index contributed by atoms with van der Waals surface area (Å²) in [6, 6.07) is 4.97. The third-order valence-corrected chi connectivity index (χ3v) is 2.53. The van der Waals surface area contributed by atoms with E-state index in [1.807, 2.05) is 13.0 Å². The molecule has 0 heterocycles. The van der Waals surface area contributed by atoms with E-state index in [1.165, 1.54) is 6.07 Å². The van der Waals surface area contributed by atoms with Gasteiger partial charge in [-0.05, 0) is 37.3 Å². The number of benzene rings is 1. The van der Waals surface area contributed by atoms with Gasteiger partial charge in [0.25, 0.3) is 0 Å². The lowest BCUT2D eigenvalue weighted by atomic mass is 9.99. The van der Waals surface area contributed by atoms with Gasteiger partial charge in [0.05, 0.1) is 6.10 Å². The predicted molar refractivity (Wildman–Crippen MR) is 60.2 cm³/mol. The van der Waals surface area contributed by atoms with E-state index < -0.39 is 6.10 Å². The molecule has 1 aromatic carbocycles. The van der Waals surface area contributed by atoms with Crippen LogP contribution in [0.5, 0.6) is 0 Å². The maximum atomic E-state index is 13.5. The van der Waals surface area contributed by atoms with Crippen molar-refractivity contribution in [3.05, 3.63) is 35.1 Å². The molecule has 0 saturated heterocycles. The summed E-state index contributed by atoms with van der Waals surface area (Å²) in [6.07, 6.45) is 0.861. The molecule has 0 aliphatic carbocycles. The van der Waals surface area contributed by atoms with Crippen molar-refractivity contribution < 1.29 is 9.50 Å². The van der Waals surface area contributed by atoms with Crippen molar-refractivity contribution in [1.82, 2.24) is 0 Å². The quantitative estimate of drug-likeness (QED) is 0.805. The van der Waals surface area contributed by atoms with Crippen molar-refractivity contribution in [1.29, 1.82) is 0 Å². The minimum absolute atomic E-state index is 0.300. The summed E-state index contributed by atoms with van der Waals surface area (Å²) in [5.41, 5.74) is 1.30. The van der Waals surface area contributed by atoms with E-state index in [0.29, 0.717) is 17.9 Å². The Morgan fingerprint density at radius 1 is 1.27 bits per heavy atom. The number of aliphatic hydroxyl groups is 1. The van der Waals surface area contributed by atoms with E-state index in [0.717, 1.165) is 12.0 Å². The monoisotopic (exact) mass is 210 g/mol. The number of aliphatic hydroxyl groups excluding tert-OH is 1. The molecule has 0 radical (unpaired) electrons. The van der Waals surface area contributed by atoms with E-state index in [1.54, 1.807) is 6.07 Å². The van der Waals surface area contributed by atoms with Gasteiger partial charge in [-0.2, -0.15) is 0 Å². The van der Waals surface area contributed by atoms with Crippen LogP contribution in [0.1, 0.15) is 43.9 Å². The molecule has 0 amide bonds. The van der Waals surface area contributed by atoms with Crippen LogP contribution in [0, 0.1) is 18.7 Å². The van der Waals surface area contributed by atoms with Crippen molar-refractivity contribution in [3.63, 3.8) is 0 Å². The van der Waals surface area contributed by atoms with E-state index in [-0.39, 0.29) is 5.82 Å². The molecular weight excluding hydrogens is 191 g/mol. The molecule has 0 bridgehead atoms. The first-order chi connectivity index (χ1) is 7.00. The van der Waals surface area contributed by atoms with Crippen LogP contribution in [0.4, 0.5) is 4.39 Å². The summed E-state index contributed by atoms with van der Waals surface area (Å²) < 4.78 is 13.5. The first-order valence-electron chi connectivity index (χ1n) is 5.45. The van der Waals surface area contributed by atoms with Gasteiger partial charge in [0.2, 0.25) is 0 Å². The van der Waals surface area contributed by atoms with Crippen LogP contribution in [-0.4, -0.2) is 5.11 Å². The van der Waals surface area contributed by atoms with Gasteiger partial charge in [0.15, 0.2) is 0 Å².